The van der Waals surface area contributed by atoms with Crippen LogP contribution in [0.2, 0.25) is 0 Å². The molecule has 4 heterocycles. The van der Waals surface area contributed by atoms with Crippen LogP contribution in [-0.2, 0) is 14.3 Å². The summed E-state index contributed by atoms with van der Waals surface area (Å²) in [4.78, 5) is 44.9. The van der Waals surface area contributed by atoms with Crippen molar-refractivity contribution in [1.29, 1.82) is 0 Å². The molecule has 0 radical (unpaired) electrons. The molecule has 3 fully saturated rings. The Kier molecular flexibility index (Phi) is 5.25. The second-order valence-electron chi connectivity index (χ2n) is 9.78. The van der Waals surface area contributed by atoms with Gasteiger partial charge in [0.05, 0.1) is 37.6 Å². The van der Waals surface area contributed by atoms with E-state index < -0.39 is 17.9 Å². The van der Waals surface area contributed by atoms with Crippen LogP contribution in [0.25, 0.3) is 5.57 Å². The maximum absolute atomic E-state index is 14.0. The number of anilines is 1. The van der Waals surface area contributed by atoms with Crippen LogP contribution in [0, 0.1) is 11.8 Å². The number of allylic oxidation sites excluding steroid dienone is 1. The summed E-state index contributed by atoms with van der Waals surface area (Å²) in [6, 6.07) is 13.7. The average Bonchev–Trinajstić information content (AvgIpc) is 3.57. The van der Waals surface area contributed by atoms with Gasteiger partial charge in [-0.1, -0.05) is 24.3 Å². The van der Waals surface area contributed by atoms with Crippen LogP contribution >= 0.6 is 0 Å². The standard InChI is InChI=1S/C28H28N2O5/c1-16-14-22-23-24(28(33)29(27(23)32)15-19-6-5-13-35-19)25(30(22)21-8-4-3-7-20(16)21)26(31)17-9-11-18(34-2)12-10-17/h3-4,7-12,14,19,22-25H,5-6,13,15H2,1-2H3/t19-,22+,23+,24-,25-/m0/s1. The number of methoxy groups -OCH3 is 1. The topological polar surface area (TPSA) is 76.1 Å². The van der Waals surface area contributed by atoms with Gasteiger partial charge in [-0.3, -0.25) is 19.3 Å². The minimum absolute atomic E-state index is 0.127. The second kappa shape index (κ2) is 8.34. The lowest BCUT2D eigenvalue weighted by Gasteiger charge is -2.38. The maximum atomic E-state index is 14.0. The van der Waals surface area contributed by atoms with Gasteiger partial charge in [-0.25, -0.2) is 0 Å². The number of Topliss-reactive ketones (excluding diaryl/α,β-unsaturated/α-hetero) is 1. The lowest BCUT2D eigenvalue weighted by Crippen LogP contribution is -2.49. The molecule has 0 spiro atoms. The van der Waals surface area contributed by atoms with Crippen LogP contribution in [0.4, 0.5) is 5.69 Å². The SMILES string of the molecule is COc1ccc(C(=O)[C@@H]2[C@H]3C(=O)N(C[C@@H]4CCCO4)C(=O)[C@@H]3[C@H]3C=C(C)c4ccccc4N32)cc1. The van der Waals surface area contributed by atoms with Gasteiger partial charge in [-0.15, -0.1) is 0 Å². The zero-order valence-corrected chi connectivity index (χ0v) is 19.8. The van der Waals surface area contributed by atoms with E-state index in [1.807, 2.05) is 36.1 Å². The highest BCUT2D eigenvalue weighted by Gasteiger charge is 2.64. The Labute approximate surface area is 204 Å². The highest BCUT2D eigenvalue weighted by atomic mass is 16.5. The van der Waals surface area contributed by atoms with E-state index in [-0.39, 0.29) is 36.3 Å². The Morgan fingerprint density at radius 2 is 1.80 bits per heavy atom. The first-order chi connectivity index (χ1) is 17.0. The zero-order valence-electron chi connectivity index (χ0n) is 19.8. The van der Waals surface area contributed by atoms with Crippen molar-refractivity contribution in [3.8, 4) is 5.75 Å². The molecule has 2 aromatic carbocycles. The Balaban J connectivity index is 1.44. The third-order valence-electron chi connectivity index (χ3n) is 7.90. The highest BCUT2D eigenvalue weighted by molar-refractivity contribution is 6.14. The molecule has 0 aliphatic carbocycles. The smallest absolute Gasteiger partial charge is 0.235 e. The van der Waals surface area contributed by atoms with E-state index in [0.717, 1.165) is 29.7 Å². The molecule has 4 aliphatic rings. The van der Waals surface area contributed by atoms with Gasteiger partial charge in [0.2, 0.25) is 11.8 Å². The van der Waals surface area contributed by atoms with E-state index in [2.05, 4.69) is 6.08 Å². The summed E-state index contributed by atoms with van der Waals surface area (Å²) in [5, 5.41) is 0. The third kappa shape index (κ3) is 3.32. The number of rotatable bonds is 5. The number of fused-ring (bicyclic) bond motifs is 5. The van der Waals surface area contributed by atoms with Crippen LogP contribution in [0.15, 0.2) is 54.6 Å². The first-order valence-corrected chi connectivity index (χ1v) is 12.2. The molecule has 7 heteroatoms. The molecule has 180 valence electrons. The molecule has 0 aromatic heterocycles. The summed E-state index contributed by atoms with van der Waals surface area (Å²) in [6.45, 7) is 2.94. The van der Waals surface area contributed by atoms with Crippen molar-refractivity contribution in [2.24, 2.45) is 11.8 Å². The van der Waals surface area contributed by atoms with Crippen LogP contribution in [0.5, 0.6) is 5.75 Å². The van der Waals surface area contributed by atoms with Gasteiger partial charge in [0.25, 0.3) is 0 Å². The summed E-state index contributed by atoms with van der Waals surface area (Å²) >= 11 is 0. The Bertz CT molecular complexity index is 1230. The van der Waals surface area contributed by atoms with Gasteiger partial charge in [0.1, 0.15) is 11.8 Å². The second-order valence-corrected chi connectivity index (χ2v) is 9.78. The van der Waals surface area contributed by atoms with Crippen molar-refractivity contribution >= 4 is 28.9 Å². The summed E-state index contributed by atoms with van der Waals surface area (Å²) in [7, 11) is 1.58. The maximum Gasteiger partial charge on any atom is 0.235 e. The van der Waals surface area contributed by atoms with Crippen LogP contribution in [0.1, 0.15) is 35.7 Å². The number of ketones is 1. The van der Waals surface area contributed by atoms with E-state index in [1.54, 1.807) is 31.4 Å². The molecule has 0 saturated carbocycles. The van der Waals surface area contributed by atoms with Gasteiger partial charge in [-0.05, 0) is 55.7 Å². The zero-order chi connectivity index (χ0) is 24.3. The molecule has 4 aliphatic heterocycles. The quantitative estimate of drug-likeness (QED) is 0.491. The van der Waals surface area contributed by atoms with E-state index >= 15 is 0 Å². The number of hydrogen-bond donors (Lipinski definition) is 0. The van der Waals surface area contributed by atoms with Gasteiger partial charge in [0, 0.05) is 23.4 Å². The Hall–Kier alpha value is -3.45. The molecule has 0 bridgehead atoms. The number of para-hydroxylation sites is 1. The molecule has 0 unspecified atom stereocenters. The Morgan fingerprint density at radius 3 is 2.51 bits per heavy atom. The van der Waals surface area contributed by atoms with Crippen LogP contribution in [0.3, 0.4) is 0 Å². The molecule has 3 saturated heterocycles. The normalized spacial score (nSPS) is 29.1. The van der Waals surface area contributed by atoms with Crippen molar-refractivity contribution in [2.45, 2.75) is 38.0 Å². The number of amides is 2. The number of likely N-dealkylation sites (tertiary alicyclic amines) is 1. The fraction of sp³-hybridized carbons (Fsp3) is 0.393. The molecular formula is C28H28N2O5. The predicted octanol–water partition coefficient (Wildman–Crippen LogP) is 3.33. The largest absolute Gasteiger partial charge is 0.497 e. The van der Waals surface area contributed by atoms with Crippen molar-refractivity contribution < 1.29 is 23.9 Å². The fourth-order valence-corrected chi connectivity index (χ4v) is 6.26. The number of hydrogen-bond acceptors (Lipinski definition) is 6. The molecule has 7 nitrogen and oxygen atoms in total. The van der Waals surface area contributed by atoms with Gasteiger partial charge >= 0.3 is 0 Å². The third-order valence-corrected chi connectivity index (χ3v) is 7.90. The van der Waals surface area contributed by atoms with Crippen molar-refractivity contribution in [1.82, 2.24) is 4.90 Å². The van der Waals surface area contributed by atoms with Crippen molar-refractivity contribution in [2.75, 3.05) is 25.2 Å². The number of carbonyl (C=O) groups is 3. The molecule has 2 aromatic rings. The minimum Gasteiger partial charge on any atom is -0.497 e. The van der Waals surface area contributed by atoms with Crippen LogP contribution in [-0.4, -0.2) is 60.9 Å². The summed E-state index contributed by atoms with van der Waals surface area (Å²) < 4.78 is 11.0. The van der Waals surface area contributed by atoms with E-state index in [4.69, 9.17) is 9.47 Å². The van der Waals surface area contributed by atoms with Gasteiger partial charge in [-0.2, -0.15) is 0 Å². The molecule has 35 heavy (non-hydrogen) atoms. The number of benzene rings is 2. The minimum atomic E-state index is -0.769. The Morgan fingerprint density at radius 1 is 1.06 bits per heavy atom. The van der Waals surface area contributed by atoms with Crippen molar-refractivity contribution in [3.63, 3.8) is 0 Å². The monoisotopic (exact) mass is 472 g/mol. The summed E-state index contributed by atoms with van der Waals surface area (Å²) in [5.41, 5.74) is 3.46. The molecule has 0 N–H and O–H groups in total. The summed E-state index contributed by atoms with van der Waals surface area (Å²) in [6.07, 6.45) is 3.70. The fourth-order valence-electron chi connectivity index (χ4n) is 6.26. The van der Waals surface area contributed by atoms with Gasteiger partial charge in [0.15, 0.2) is 5.78 Å². The highest BCUT2D eigenvalue weighted by Crippen LogP contribution is 2.50. The first kappa shape index (κ1) is 22.0. The van der Waals surface area contributed by atoms with E-state index in [9.17, 15) is 14.4 Å². The van der Waals surface area contributed by atoms with E-state index in [0.29, 0.717) is 17.9 Å². The first-order valence-electron chi connectivity index (χ1n) is 12.2. The lowest BCUT2D eigenvalue weighted by molar-refractivity contribution is -0.142. The lowest BCUT2D eigenvalue weighted by atomic mass is 9.85. The number of carbonyl (C=O) groups excluding carboxylic acids is 3. The predicted molar refractivity (Wildman–Crippen MR) is 130 cm³/mol. The molecule has 6 rings (SSSR count). The van der Waals surface area contributed by atoms with E-state index in [1.165, 1.54) is 4.90 Å². The average molecular weight is 473 g/mol. The number of imide groups is 1. The molecular weight excluding hydrogens is 444 g/mol. The van der Waals surface area contributed by atoms with Crippen LogP contribution < -0.4 is 9.64 Å². The van der Waals surface area contributed by atoms with Crippen molar-refractivity contribution in [3.05, 3.63) is 65.7 Å². The van der Waals surface area contributed by atoms with Gasteiger partial charge < -0.3 is 14.4 Å². The number of ether oxygens (including phenoxy) is 2. The number of nitrogens with zero attached hydrogens (tertiary/aromatic N) is 2. The molecule has 5 atom stereocenters. The summed E-state index contributed by atoms with van der Waals surface area (Å²) in [5.74, 6) is -1.30. The molecule has 2 amide bonds.